The van der Waals surface area contributed by atoms with Gasteiger partial charge in [-0.15, -0.1) is 0 Å². The van der Waals surface area contributed by atoms with Crippen molar-refractivity contribution in [3.63, 3.8) is 0 Å². The molecule has 4 N–H and O–H groups in total. The Labute approximate surface area is 209 Å². The zero-order valence-electron chi connectivity index (χ0n) is 19.8. The highest BCUT2D eigenvalue weighted by atomic mass is 35.5. The maximum Gasteiger partial charge on any atom is 0.319 e. The van der Waals surface area contributed by atoms with Crippen LogP contribution in [-0.2, 0) is 6.54 Å². The van der Waals surface area contributed by atoms with Gasteiger partial charge in [0.25, 0.3) is 5.91 Å². The lowest BCUT2D eigenvalue weighted by Gasteiger charge is -2.15. The molecule has 0 radical (unpaired) electrons. The van der Waals surface area contributed by atoms with Gasteiger partial charge in [0.05, 0.1) is 5.69 Å². The second kappa shape index (κ2) is 12.6. The van der Waals surface area contributed by atoms with Crippen LogP contribution in [-0.4, -0.2) is 44.2 Å². The summed E-state index contributed by atoms with van der Waals surface area (Å²) in [6.45, 7) is 3.30. The van der Waals surface area contributed by atoms with E-state index in [4.69, 9.17) is 21.1 Å². The zero-order valence-corrected chi connectivity index (χ0v) is 20.5. The van der Waals surface area contributed by atoms with Gasteiger partial charge in [-0.25, -0.2) is 4.79 Å². The predicted octanol–water partition coefficient (Wildman–Crippen LogP) is 4.12. The van der Waals surface area contributed by atoms with E-state index in [2.05, 4.69) is 26.3 Å². The third kappa shape index (κ3) is 7.59. The monoisotopic (exact) mass is 497 g/mol. The highest BCUT2D eigenvalue weighted by molar-refractivity contribution is 6.31. The molecule has 35 heavy (non-hydrogen) atoms. The number of hydrogen-bond acceptors (Lipinski definition) is 6. The number of aryl methyl sites for hydroxylation is 1. The number of urea groups is 1. The smallest absolute Gasteiger partial charge is 0.319 e. The number of ether oxygens (including phenoxy) is 2. The normalized spacial score (nSPS) is 10.4. The molecule has 0 bridgehead atoms. The van der Waals surface area contributed by atoms with Crippen LogP contribution in [0.5, 0.6) is 17.2 Å². The molecule has 1 heterocycles. The van der Waals surface area contributed by atoms with Gasteiger partial charge >= 0.3 is 6.03 Å². The van der Waals surface area contributed by atoms with Crippen molar-refractivity contribution < 1.29 is 19.1 Å². The molecule has 0 aliphatic heterocycles. The Morgan fingerprint density at radius 2 is 1.80 bits per heavy atom. The Bertz CT molecular complexity index is 1170. The first-order chi connectivity index (χ1) is 16.9. The molecule has 1 aromatic heterocycles. The van der Waals surface area contributed by atoms with Gasteiger partial charge in [0, 0.05) is 37.4 Å². The number of anilines is 1. The topological polar surface area (TPSA) is 114 Å². The van der Waals surface area contributed by atoms with Crippen molar-refractivity contribution in [2.45, 2.75) is 13.5 Å². The molecule has 3 rings (SSSR count). The molecule has 0 aliphatic carbocycles. The molecule has 2 aromatic carbocycles. The second-order valence-corrected chi connectivity index (χ2v) is 7.97. The van der Waals surface area contributed by atoms with Gasteiger partial charge in [0.1, 0.15) is 29.5 Å². The molecule has 184 valence electrons. The van der Waals surface area contributed by atoms with Gasteiger partial charge in [0.15, 0.2) is 0 Å². The Kier molecular flexibility index (Phi) is 9.28. The van der Waals surface area contributed by atoms with Crippen LogP contribution in [0.25, 0.3) is 0 Å². The number of pyridine rings is 1. The minimum absolute atomic E-state index is 0.266. The van der Waals surface area contributed by atoms with Crippen LogP contribution in [0.4, 0.5) is 10.5 Å². The average Bonchev–Trinajstić information content (AvgIpc) is 2.86. The van der Waals surface area contributed by atoms with Crippen LogP contribution in [0.2, 0.25) is 5.02 Å². The summed E-state index contributed by atoms with van der Waals surface area (Å²) in [6.07, 6.45) is 1.51. The lowest BCUT2D eigenvalue weighted by Crippen LogP contribution is -2.28. The van der Waals surface area contributed by atoms with E-state index in [0.717, 1.165) is 11.1 Å². The van der Waals surface area contributed by atoms with Gasteiger partial charge < -0.3 is 30.7 Å². The molecule has 0 aliphatic rings. The van der Waals surface area contributed by atoms with Crippen molar-refractivity contribution in [1.29, 1.82) is 0 Å². The van der Waals surface area contributed by atoms with Crippen LogP contribution >= 0.6 is 11.6 Å². The molecular weight excluding hydrogens is 470 g/mol. The zero-order chi connectivity index (χ0) is 25.2. The number of likely N-dealkylation sites (N-methyl/N-ethyl adjacent to an activating group) is 1. The number of carbonyl (C=O) groups is 2. The number of nitrogens with zero attached hydrogens (tertiary/aromatic N) is 1. The molecule has 3 aromatic rings. The third-order valence-corrected chi connectivity index (χ3v) is 5.33. The molecule has 9 nitrogen and oxygen atoms in total. The highest BCUT2D eigenvalue weighted by Crippen LogP contribution is 2.31. The number of benzene rings is 2. The summed E-state index contributed by atoms with van der Waals surface area (Å²) in [5.41, 5.74) is 2.49. The van der Waals surface area contributed by atoms with Crippen molar-refractivity contribution in [1.82, 2.24) is 20.9 Å². The maximum absolute atomic E-state index is 12.5. The van der Waals surface area contributed by atoms with Crippen LogP contribution < -0.4 is 30.7 Å². The fraction of sp³-hybridized carbons (Fsp3) is 0.240. The van der Waals surface area contributed by atoms with Gasteiger partial charge in [-0.2, -0.15) is 0 Å². The van der Waals surface area contributed by atoms with E-state index in [1.807, 2.05) is 26.1 Å². The maximum atomic E-state index is 12.5. The number of carbonyl (C=O) groups excluding carboxylic acids is 2. The summed E-state index contributed by atoms with van der Waals surface area (Å²) in [7, 11) is 3.38. The van der Waals surface area contributed by atoms with E-state index in [1.54, 1.807) is 43.4 Å². The van der Waals surface area contributed by atoms with Gasteiger partial charge in [0.2, 0.25) is 0 Å². The Balaban J connectivity index is 1.56. The first-order valence-corrected chi connectivity index (χ1v) is 11.3. The summed E-state index contributed by atoms with van der Waals surface area (Å²) in [5.74, 6) is 1.34. The van der Waals surface area contributed by atoms with E-state index in [-0.39, 0.29) is 17.6 Å². The number of rotatable bonds is 10. The summed E-state index contributed by atoms with van der Waals surface area (Å²) in [5, 5.41) is 11.7. The minimum Gasteiger partial charge on any atom is -0.490 e. The molecule has 0 saturated carbocycles. The van der Waals surface area contributed by atoms with Crippen molar-refractivity contribution in [3.8, 4) is 17.2 Å². The van der Waals surface area contributed by atoms with E-state index in [1.165, 1.54) is 6.20 Å². The molecule has 0 fully saturated rings. The van der Waals surface area contributed by atoms with Crippen molar-refractivity contribution in [2.75, 3.05) is 32.6 Å². The summed E-state index contributed by atoms with van der Waals surface area (Å²) in [6, 6.07) is 13.6. The molecule has 3 amide bonds. The Hall–Kier alpha value is -3.82. The largest absolute Gasteiger partial charge is 0.490 e. The molecular formula is C25H28ClN5O4. The van der Waals surface area contributed by atoms with Gasteiger partial charge in [-0.3, -0.25) is 9.78 Å². The van der Waals surface area contributed by atoms with E-state index < -0.39 is 0 Å². The molecule has 0 saturated heterocycles. The van der Waals surface area contributed by atoms with Crippen LogP contribution in [0.3, 0.4) is 0 Å². The average molecular weight is 498 g/mol. The van der Waals surface area contributed by atoms with E-state index in [0.29, 0.717) is 47.7 Å². The molecule has 0 spiro atoms. The summed E-state index contributed by atoms with van der Waals surface area (Å²) in [4.78, 5) is 28.2. The minimum atomic E-state index is -0.387. The van der Waals surface area contributed by atoms with Crippen molar-refractivity contribution >= 4 is 29.2 Å². The quantitative estimate of drug-likeness (QED) is 0.313. The van der Waals surface area contributed by atoms with Crippen molar-refractivity contribution in [3.05, 3.63) is 76.6 Å². The van der Waals surface area contributed by atoms with Crippen LogP contribution in [0.15, 0.2) is 54.7 Å². The highest BCUT2D eigenvalue weighted by Gasteiger charge is 2.12. The number of aromatic nitrogens is 1. The first kappa shape index (κ1) is 25.8. The summed E-state index contributed by atoms with van der Waals surface area (Å²) >= 11 is 6.23. The fourth-order valence-electron chi connectivity index (χ4n) is 3.02. The number of halogens is 1. The SMILES string of the molecule is CNCCOc1cc(C)c(Cl)cc1NC(=O)NCc1ccc(Oc2ccnc(C(=O)NC)c2)cc1. The van der Waals surface area contributed by atoms with Gasteiger partial charge in [-0.1, -0.05) is 23.7 Å². The molecule has 0 atom stereocenters. The molecule has 0 unspecified atom stereocenters. The summed E-state index contributed by atoms with van der Waals surface area (Å²) < 4.78 is 11.6. The second-order valence-electron chi connectivity index (χ2n) is 7.56. The van der Waals surface area contributed by atoms with Crippen molar-refractivity contribution in [2.24, 2.45) is 0 Å². The fourth-order valence-corrected chi connectivity index (χ4v) is 3.19. The lowest BCUT2D eigenvalue weighted by molar-refractivity contribution is 0.0958. The first-order valence-electron chi connectivity index (χ1n) is 11.0. The molecule has 10 heteroatoms. The third-order valence-electron chi connectivity index (χ3n) is 4.92. The number of amides is 3. The van der Waals surface area contributed by atoms with E-state index in [9.17, 15) is 9.59 Å². The lowest BCUT2D eigenvalue weighted by atomic mass is 10.2. The number of nitrogens with one attached hydrogen (secondary N) is 4. The predicted molar refractivity (Wildman–Crippen MR) is 136 cm³/mol. The number of hydrogen-bond donors (Lipinski definition) is 4. The van der Waals surface area contributed by atoms with Gasteiger partial charge in [-0.05, 0) is 55.4 Å². The van der Waals surface area contributed by atoms with Crippen LogP contribution in [0.1, 0.15) is 21.6 Å². The van der Waals surface area contributed by atoms with E-state index >= 15 is 0 Å². The Morgan fingerprint density at radius 1 is 1.03 bits per heavy atom. The standard InChI is InChI=1S/C25H28ClN5O4/c1-16-12-23(34-11-10-27-2)21(14-20(16)26)31-25(33)30-15-17-4-6-18(7-5-17)35-19-8-9-29-22(13-19)24(32)28-3/h4-9,12-14,27H,10-11,15H2,1-3H3,(H,28,32)(H2,30,31,33). The van der Waals surface area contributed by atoms with Crippen LogP contribution in [0, 0.1) is 6.92 Å². The Morgan fingerprint density at radius 3 is 2.51 bits per heavy atom.